The molecule has 0 aromatic carbocycles. The Bertz CT molecular complexity index is 455. The van der Waals surface area contributed by atoms with Gasteiger partial charge in [-0.1, -0.05) is 36.4 Å². The number of nitrogens with one attached hydrogen (secondary N) is 1. The van der Waals surface area contributed by atoms with Gasteiger partial charge < -0.3 is 14.8 Å². The van der Waals surface area contributed by atoms with Gasteiger partial charge in [0.05, 0.1) is 16.8 Å². The van der Waals surface area contributed by atoms with Gasteiger partial charge in [-0.25, -0.2) is 0 Å². The van der Waals surface area contributed by atoms with Gasteiger partial charge in [-0.3, -0.25) is 9.59 Å². The maximum absolute atomic E-state index is 12.2. The Kier molecular flexibility index (Phi) is 10.6. The zero-order valence-corrected chi connectivity index (χ0v) is 19.0. The predicted octanol–water partition coefficient (Wildman–Crippen LogP) is 4.40. The molecule has 0 aromatic heterocycles. The van der Waals surface area contributed by atoms with Crippen LogP contribution in [0.25, 0.3) is 0 Å². The van der Waals surface area contributed by atoms with E-state index in [9.17, 15) is 9.59 Å². The second-order valence-corrected chi connectivity index (χ2v) is 8.94. The average Bonchev–Trinajstić information content (AvgIpc) is 2.66. The van der Waals surface area contributed by atoms with Crippen molar-refractivity contribution in [1.29, 1.82) is 0 Å². The molecular weight excluding hydrogens is 457 g/mol. The topological polar surface area (TPSA) is 64.6 Å². The lowest BCUT2D eigenvalue weighted by atomic mass is 9.80. The first kappa shape index (κ1) is 23.1. The Morgan fingerprint density at radius 1 is 0.963 bits per heavy atom. The van der Waals surface area contributed by atoms with Gasteiger partial charge in [0.2, 0.25) is 5.91 Å². The van der Waals surface area contributed by atoms with E-state index in [1.165, 1.54) is 0 Å². The summed E-state index contributed by atoms with van der Waals surface area (Å²) in [7, 11) is 0. The van der Waals surface area contributed by atoms with Crippen LogP contribution in [-0.2, 0) is 19.1 Å². The van der Waals surface area contributed by atoms with E-state index in [0.717, 1.165) is 62.4 Å². The molecule has 0 unspecified atom stereocenters. The highest BCUT2D eigenvalue weighted by Gasteiger charge is 2.28. The van der Waals surface area contributed by atoms with Gasteiger partial charge in [0, 0.05) is 30.9 Å². The number of carbonyl (C=O) groups is 2. The number of carbonyl (C=O) groups excluding carboxylic acids is 2. The van der Waals surface area contributed by atoms with E-state index in [4.69, 9.17) is 9.47 Å². The van der Waals surface area contributed by atoms with Crippen LogP contribution in [-0.4, -0.2) is 41.2 Å². The molecule has 2 fully saturated rings. The maximum Gasteiger partial charge on any atom is 0.220 e. The molecule has 1 amide bonds. The molecule has 1 N–H and O–H groups in total. The maximum atomic E-state index is 12.2. The van der Waals surface area contributed by atoms with E-state index in [1.54, 1.807) is 0 Å². The first-order chi connectivity index (χ1) is 13.0. The molecule has 0 saturated heterocycles. The molecule has 0 aromatic rings. The summed E-state index contributed by atoms with van der Waals surface area (Å²) in [6, 6.07) is 0.239. The molecule has 0 atom stereocenters. The first-order valence-electron chi connectivity index (χ1n) is 10.6. The van der Waals surface area contributed by atoms with Crippen molar-refractivity contribution in [1.82, 2.24) is 5.32 Å². The van der Waals surface area contributed by atoms with Gasteiger partial charge >= 0.3 is 0 Å². The molecule has 0 radical (unpaired) electrons. The highest BCUT2D eigenvalue weighted by molar-refractivity contribution is 14.1. The summed E-state index contributed by atoms with van der Waals surface area (Å²) in [4.78, 5) is 24.2. The van der Waals surface area contributed by atoms with E-state index in [1.807, 2.05) is 13.8 Å². The predicted molar refractivity (Wildman–Crippen MR) is 115 cm³/mol. The molecule has 0 bridgehead atoms. The van der Waals surface area contributed by atoms with E-state index < -0.39 is 0 Å². The zero-order valence-electron chi connectivity index (χ0n) is 16.9. The number of ether oxygens (including phenoxy) is 2. The standard InChI is InChI=1S/C21H36INO4/c1-15(2)21(25)16-5-7-17(8-6-16)23-20(24)4-3-13-26-18-9-11-19(12-10-18)27-14-22/h15-19H,3-14H2,1-2H3,(H,23,24). The summed E-state index contributed by atoms with van der Waals surface area (Å²) in [5.74, 6) is 0.821. The summed E-state index contributed by atoms with van der Waals surface area (Å²) in [5, 5.41) is 3.14. The van der Waals surface area contributed by atoms with Crippen LogP contribution >= 0.6 is 22.6 Å². The third-order valence-corrected chi connectivity index (χ3v) is 6.24. The van der Waals surface area contributed by atoms with Gasteiger partial charge in [0.25, 0.3) is 0 Å². The third kappa shape index (κ3) is 8.36. The Morgan fingerprint density at radius 2 is 1.56 bits per heavy atom. The second kappa shape index (κ2) is 12.4. The summed E-state index contributed by atoms with van der Waals surface area (Å²) in [6.07, 6.45) is 9.99. The fourth-order valence-electron chi connectivity index (χ4n) is 4.23. The number of hydrogen-bond acceptors (Lipinski definition) is 4. The van der Waals surface area contributed by atoms with Crippen molar-refractivity contribution >= 4 is 34.3 Å². The monoisotopic (exact) mass is 493 g/mol. The average molecular weight is 493 g/mol. The fourth-order valence-corrected chi connectivity index (χ4v) is 4.74. The fraction of sp³-hybridized carbons (Fsp3) is 0.905. The van der Waals surface area contributed by atoms with Crippen molar-refractivity contribution in [2.24, 2.45) is 11.8 Å². The SMILES string of the molecule is CC(C)C(=O)C1CCC(NC(=O)CCCOC2CCC(OCI)CC2)CC1. The number of halogens is 1. The van der Waals surface area contributed by atoms with Crippen molar-refractivity contribution in [3.63, 3.8) is 0 Å². The molecule has 0 spiro atoms. The lowest BCUT2D eigenvalue weighted by Crippen LogP contribution is -2.39. The van der Waals surface area contributed by atoms with E-state index in [-0.39, 0.29) is 23.8 Å². The smallest absolute Gasteiger partial charge is 0.220 e. The number of alkyl halides is 1. The number of amides is 1. The molecule has 27 heavy (non-hydrogen) atoms. The van der Waals surface area contributed by atoms with Gasteiger partial charge in [-0.2, -0.15) is 0 Å². The van der Waals surface area contributed by atoms with Crippen LogP contribution in [0.5, 0.6) is 0 Å². The van der Waals surface area contributed by atoms with Gasteiger partial charge in [0.1, 0.15) is 5.78 Å². The summed E-state index contributed by atoms with van der Waals surface area (Å²) >= 11 is 2.25. The number of Topliss-reactive ketones (excluding diaryl/α,β-unsaturated/α-hetero) is 1. The minimum atomic E-state index is 0.120. The number of hydrogen-bond donors (Lipinski definition) is 1. The van der Waals surface area contributed by atoms with Crippen LogP contribution in [0.3, 0.4) is 0 Å². The number of rotatable bonds is 10. The van der Waals surface area contributed by atoms with Crippen LogP contribution in [0, 0.1) is 11.8 Å². The third-order valence-electron chi connectivity index (χ3n) is 5.89. The zero-order chi connectivity index (χ0) is 19.6. The van der Waals surface area contributed by atoms with Gasteiger partial charge in [0.15, 0.2) is 0 Å². The Morgan fingerprint density at radius 3 is 2.11 bits per heavy atom. The molecule has 0 heterocycles. The molecule has 0 aliphatic heterocycles. The van der Waals surface area contributed by atoms with Crippen LogP contribution < -0.4 is 5.32 Å². The number of ketones is 1. The van der Waals surface area contributed by atoms with Crippen LogP contribution in [0.2, 0.25) is 0 Å². The Hall–Kier alpha value is -0.210. The first-order valence-corrected chi connectivity index (χ1v) is 12.1. The molecule has 6 heteroatoms. The lowest BCUT2D eigenvalue weighted by molar-refractivity contribution is -0.127. The minimum Gasteiger partial charge on any atom is -0.378 e. The molecule has 2 rings (SSSR count). The highest BCUT2D eigenvalue weighted by Crippen LogP contribution is 2.27. The minimum absolute atomic E-state index is 0.120. The molecule has 5 nitrogen and oxygen atoms in total. The molecule has 2 aliphatic rings. The molecular formula is C21H36INO4. The lowest BCUT2D eigenvalue weighted by Gasteiger charge is -2.29. The Balaban J connectivity index is 1.51. The van der Waals surface area contributed by atoms with Crippen LogP contribution in [0.15, 0.2) is 0 Å². The molecule has 156 valence electrons. The largest absolute Gasteiger partial charge is 0.378 e. The van der Waals surface area contributed by atoms with Crippen molar-refractivity contribution in [2.75, 3.05) is 11.2 Å². The normalized spacial score (nSPS) is 28.9. The van der Waals surface area contributed by atoms with E-state index >= 15 is 0 Å². The quantitative estimate of drug-likeness (QED) is 0.278. The van der Waals surface area contributed by atoms with E-state index in [0.29, 0.717) is 31.0 Å². The summed E-state index contributed by atoms with van der Waals surface area (Å²) < 4.78 is 12.4. The van der Waals surface area contributed by atoms with Crippen LogP contribution in [0.1, 0.15) is 78.1 Å². The highest BCUT2D eigenvalue weighted by atomic mass is 127. The second-order valence-electron chi connectivity index (χ2n) is 8.32. The van der Waals surface area contributed by atoms with Crippen molar-refractivity contribution in [3.05, 3.63) is 0 Å². The molecule has 2 aliphatic carbocycles. The van der Waals surface area contributed by atoms with Crippen molar-refractivity contribution in [2.45, 2.75) is 96.3 Å². The van der Waals surface area contributed by atoms with Crippen LogP contribution in [0.4, 0.5) is 0 Å². The van der Waals surface area contributed by atoms with Gasteiger partial charge in [-0.05, 0) is 57.8 Å². The molecule has 2 saturated carbocycles. The van der Waals surface area contributed by atoms with E-state index in [2.05, 4.69) is 27.9 Å². The van der Waals surface area contributed by atoms with Crippen molar-refractivity contribution in [3.8, 4) is 0 Å². The summed E-state index contributed by atoms with van der Waals surface area (Å²) in [6.45, 7) is 4.61. The summed E-state index contributed by atoms with van der Waals surface area (Å²) in [5.41, 5.74) is 0. The van der Waals surface area contributed by atoms with Crippen molar-refractivity contribution < 1.29 is 19.1 Å². The Labute approximate surface area is 177 Å². The van der Waals surface area contributed by atoms with Gasteiger partial charge in [-0.15, -0.1) is 0 Å².